The maximum atomic E-state index is 4.51. The van der Waals surface area contributed by atoms with Gasteiger partial charge in [-0.3, -0.25) is 0 Å². The number of hydrogen-bond acceptors (Lipinski definition) is 5. The second-order valence-electron chi connectivity index (χ2n) is 4.58. The third-order valence-electron chi connectivity index (χ3n) is 3.28. The number of anilines is 1. The van der Waals surface area contributed by atoms with E-state index in [1.54, 1.807) is 6.33 Å². The largest absolute Gasteiger partial charge is 0.368 e. The first-order chi connectivity index (χ1) is 8.83. The van der Waals surface area contributed by atoms with Crippen molar-refractivity contribution in [3.63, 3.8) is 0 Å². The highest BCUT2D eigenvalue weighted by atomic mass is 15.2. The van der Waals surface area contributed by atoms with Crippen molar-refractivity contribution in [2.75, 3.05) is 18.0 Å². The van der Waals surface area contributed by atoms with Gasteiger partial charge in [0.1, 0.15) is 12.2 Å². The summed E-state index contributed by atoms with van der Waals surface area (Å²) >= 11 is 0. The van der Waals surface area contributed by atoms with Crippen LogP contribution in [-0.4, -0.2) is 33.0 Å². The molecule has 5 heteroatoms. The van der Waals surface area contributed by atoms with Crippen LogP contribution in [0.4, 0.5) is 5.69 Å². The van der Waals surface area contributed by atoms with Crippen molar-refractivity contribution in [2.45, 2.75) is 19.3 Å². The van der Waals surface area contributed by atoms with E-state index in [2.05, 4.69) is 24.8 Å². The molecule has 1 fully saturated rings. The highest BCUT2D eigenvalue weighted by molar-refractivity contribution is 5.43. The monoisotopic (exact) mass is 241 g/mol. The van der Waals surface area contributed by atoms with E-state index in [1.807, 2.05) is 31.6 Å². The average molecular weight is 241 g/mol. The number of aromatic nitrogens is 4. The van der Waals surface area contributed by atoms with Crippen molar-refractivity contribution < 1.29 is 0 Å². The van der Waals surface area contributed by atoms with Crippen molar-refractivity contribution in [3.05, 3.63) is 42.5 Å². The second-order valence-corrected chi connectivity index (χ2v) is 4.58. The van der Waals surface area contributed by atoms with E-state index in [0.29, 0.717) is 5.92 Å². The zero-order chi connectivity index (χ0) is 12.4. The molecule has 0 aromatic carbocycles. The van der Waals surface area contributed by atoms with E-state index in [1.165, 1.54) is 0 Å². The van der Waals surface area contributed by atoms with Crippen LogP contribution >= 0.6 is 0 Å². The molecule has 2 aromatic heterocycles. The van der Waals surface area contributed by atoms with Crippen molar-refractivity contribution >= 4 is 5.69 Å². The standard InChI is InChI=1S/C13H15N5/c1-10-2-4-16-13(17-10)11-3-5-18(8-11)12-6-14-9-15-7-12/h2,4,6-7,9,11H,3,5,8H2,1H3. The molecule has 2 aromatic rings. The van der Waals surface area contributed by atoms with Crippen molar-refractivity contribution in [3.8, 4) is 0 Å². The van der Waals surface area contributed by atoms with Crippen LogP contribution in [0.5, 0.6) is 0 Å². The van der Waals surface area contributed by atoms with E-state index < -0.39 is 0 Å². The van der Waals surface area contributed by atoms with Crippen LogP contribution < -0.4 is 4.90 Å². The molecule has 3 rings (SSSR count). The topological polar surface area (TPSA) is 54.8 Å². The van der Waals surface area contributed by atoms with Gasteiger partial charge in [-0.1, -0.05) is 0 Å². The van der Waals surface area contributed by atoms with E-state index in [-0.39, 0.29) is 0 Å². The Balaban J connectivity index is 1.76. The molecule has 1 aliphatic rings. The smallest absolute Gasteiger partial charge is 0.133 e. The van der Waals surface area contributed by atoms with Crippen molar-refractivity contribution in [2.24, 2.45) is 0 Å². The predicted molar refractivity (Wildman–Crippen MR) is 68.4 cm³/mol. The Kier molecular flexibility index (Phi) is 2.88. The van der Waals surface area contributed by atoms with Crippen LogP contribution in [0.1, 0.15) is 23.9 Å². The SMILES string of the molecule is Cc1ccnc(C2CCN(c3cncnc3)C2)n1. The summed E-state index contributed by atoms with van der Waals surface area (Å²) in [6.07, 6.45) is 8.18. The molecular weight excluding hydrogens is 226 g/mol. The lowest BCUT2D eigenvalue weighted by Gasteiger charge is -2.17. The molecule has 1 unspecified atom stereocenters. The molecule has 0 N–H and O–H groups in total. The third-order valence-corrected chi connectivity index (χ3v) is 3.28. The van der Waals surface area contributed by atoms with Gasteiger partial charge >= 0.3 is 0 Å². The summed E-state index contributed by atoms with van der Waals surface area (Å²) in [5.74, 6) is 1.36. The molecule has 0 spiro atoms. The molecule has 0 aliphatic carbocycles. The fourth-order valence-corrected chi connectivity index (χ4v) is 2.33. The molecule has 3 heterocycles. The summed E-state index contributed by atoms with van der Waals surface area (Å²) < 4.78 is 0. The molecule has 0 radical (unpaired) electrons. The molecular formula is C13H15N5. The lowest BCUT2D eigenvalue weighted by Crippen LogP contribution is -2.20. The molecule has 1 aliphatic heterocycles. The van der Waals surface area contributed by atoms with Gasteiger partial charge in [0.15, 0.2) is 0 Å². The van der Waals surface area contributed by atoms with Crippen LogP contribution in [0.25, 0.3) is 0 Å². The maximum absolute atomic E-state index is 4.51. The Morgan fingerprint density at radius 2 is 2.11 bits per heavy atom. The Bertz CT molecular complexity index is 528. The number of hydrogen-bond donors (Lipinski definition) is 0. The fourth-order valence-electron chi connectivity index (χ4n) is 2.33. The van der Waals surface area contributed by atoms with E-state index in [4.69, 9.17) is 0 Å². The minimum atomic E-state index is 0.408. The molecule has 0 saturated carbocycles. The summed E-state index contributed by atoms with van der Waals surface area (Å²) in [4.78, 5) is 19.3. The first-order valence-electron chi connectivity index (χ1n) is 6.12. The Hall–Kier alpha value is -2.04. The zero-order valence-electron chi connectivity index (χ0n) is 10.3. The second kappa shape index (κ2) is 4.68. The molecule has 5 nitrogen and oxygen atoms in total. The fraction of sp³-hybridized carbons (Fsp3) is 0.385. The lowest BCUT2D eigenvalue weighted by molar-refractivity contribution is 0.704. The quantitative estimate of drug-likeness (QED) is 0.798. The van der Waals surface area contributed by atoms with Gasteiger partial charge in [-0.05, 0) is 19.4 Å². The Labute approximate surface area is 106 Å². The highest BCUT2D eigenvalue weighted by Crippen LogP contribution is 2.27. The average Bonchev–Trinajstić information content (AvgIpc) is 2.89. The highest BCUT2D eigenvalue weighted by Gasteiger charge is 2.26. The van der Waals surface area contributed by atoms with Gasteiger partial charge < -0.3 is 4.90 Å². The Morgan fingerprint density at radius 1 is 1.28 bits per heavy atom. The molecule has 0 amide bonds. The van der Waals surface area contributed by atoms with Gasteiger partial charge in [0.05, 0.1) is 18.1 Å². The predicted octanol–water partition coefficient (Wildman–Crippen LogP) is 1.57. The molecule has 92 valence electrons. The number of aryl methyl sites for hydroxylation is 1. The summed E-state index contributed by atoms with van der Waals surface area (Å²) in [5, 5.41) is 0. The van der Waals surface area contributed by atoms with Crippen LogP contribution in [0.2, 0.25) is 0 Å². The van der Waals surface area contributed by atoms with Crippen LogP contribution in [0.15, 0.2) is 31.0 Å². The van der Waals surface area contributed by atoms with Gasteiger partial charge in [0, 0.05) is 30.9 Å². The van der Waals surface area contributed by atoms with Gasteiger partial charge in [-0.15, -0.1) is 0 Å². The summed E-state index contributed by atoms with van der Waals surface area (Å²) in [6, 6.07) is 1.93. The molecule has 18 heavy (non-hydrogen) atoms. The minimum Gasteiger partial charge on any atom is -0.368 e. The number of nitrogens with zero attached hydrogens (tertiary/aromatic N) is 5. The van der Waals surface area contributed by atoms with Crippen LogP contribution in [-0.2, 0) is 0 Å². The summed E-state index contributed by atoms with van der Waals surface area (Å²) in [7, 11) is 0. The van der Waals surface area contributed by atoms with Gasteiger partial charge in [-0.25, -0.2) is 19.9 Å². The summed E-state index contributed by atoms with van der Waals surface area (Å²) in [5.41, 5.74) is 2.11. The first kappa shape index (κ1) is 11.1. The lowest BCUT2D eigenvalue weighted by atomic mass is 10.1. The molecule has 0 bridgehead atoms. The molecule has 1 atom stereocenters. The first-order valence-corrected chi connectivity index (χ1v) is 6.12. The van der Waals surface area contributed by atoms with Crippen LogP contribution in [0, 0.1) is 6.92 Å². The van der Waals surface area contributed by atoms with Crippen molar-refractivity contribution in [1.82, 2.24) is 19.9 Å². The zero-order valence-corrected chi connectivity index (χ0v) is 10.3. The molecule has 1 saturated heterocycles. The van der Waals surface area contributed by atoms with E-state index >= 15 is 0 Å². The number of rotatable bonds is 2. The van der Waals surface area contributed by atoms with Crippen molar-refractivity contribution in [1.29, 1.82) is 0 Å². The van der Waals surface area contributed by atoms with Crippen LogP contribution in [0.3, 0.4) is 0 Å². The van der Waals surface area contributed by atoms with Gasteiger partial charge in [0.25, 0.3) is 0 Å². The van der Waals surface area contributed by atoms with E-state index in [0.717, 1.165) is 36.7 Å². The summed E-state index contributed by atoms with van der Waals surface area (Å²) in [6.45, 7) is 3.95. The normalized spacial score (nSPS) is 19.2. The maximum Gasteiger partial charge on any atom is 0.133 e. The Morgan fingerprint density at radius 3 is 2.89 bits per heavy atom. The van der Waals surface area contributed by atoms with E-state index in [9.17, 15) is 0 Å². The third kappa shape index (κ3) is 2.16. The van der Waals surface area contributed by atoms with Gasteiger partial charge in [0.2, 0.25) is 0 Å². The minimum absolute atomic E-state index is 0.408. The van der Waals surface area contributed by atoms with Gasteiger partial charge in [-0.2, -0.15) is 0 Å².